The topological polar surface area (TPSA) is 172 Å². The molecule has 2 aromatic rings. The van der Waals surface area contributed by atoms with Gasteiger partial charge in [0.25, 0.3) is 11.6 Å². The summed E-state index contributed by atoms with van der Waals surface area (Å²) < 4.78 is 5.25. The molecular weight excluding hydrogens is 527 g/mol. The number of esters is 1. The summed E-state index contributed by atoms with van der Waals surface area (Å²) in [6, 6.07) is 10.2. The molecule has 0 bridgehead atoms. The number of benzene rings is 1. The van der Waals surface area contributed by atoms with E-state index in [4.69, 9.17) is 4.74 Å². The maximum atomic E-state index is 13.3. The third-order valence-electron chi connectivity index (χ3n) is 5.72. The number of hydrogen-bond acceptors (Lipinski definition) is 9. The molecule has 1 aromatic heterocycles. The fourth-order valence-corrected chi connectivity index (χ4v) is 5.29. The summed E-state index contributed by atoms with van der Waals surface area (Å²) in [7, 11) is 0. The fraction of sp³-hybridized carbons (Fsp3) is 0.250. The van der Waals surface area contributed by atoms with Crippen LogP contribution < -0.4 is 50.0 Å². The Labute approximate surface area is 243 Å². The van der Waals surface area contributed by atoms with Crippen molar-refractivity contribution in [3.63, 3.8) is 0 Å². The second-order valence-corrected chi connectivity index (χ2v) is 9.25. The molecular formula is C24H21N4NaO8S. The van der Waals surface area contributed by atoms with Gasteiger partial charge in [-0.3, -0.25) is 24.1 Å². The van der Waals surface area contributed by atoms with Crippen LogP contribution >= 0.6 is 11.8 Å². The molecule has 0 aliphatic carbocycles. The number of nitrogens with zero attached hydrogens (tertiary/aromatic N) is 2. The first kappa shape index (κ1) is 29.2. The quantitative estimate of drug-likeness (QED) is 0.109. The van der Waals surface area contributed by atoms with E-state index >= 15 is 0 Å². The van der Waals surface area contributed by atoms with Gasteiger partial charge in [-0.25, -0.2) is 0 Å². The SMILES string of the molecule is CC(=O)OCC1=C(C(=O)[O-])N2C(=O)[C@@H](NC(=O)C(NC(=O)c3cccc[n+]3[O-])c3ccccc3)[C@H]2SC1.[Na+]. The largest absolute Gasteiger partial charge is 1.00 e. The molecule has 1 saturated heterocycles. The van der Waals surface area contributed by atoms with Crippen molar-refractivity contribution >= 4 is 41.4 Å². The first-order valence-corrected chi connectivity index (χ1v) is 12.1. The van der Waals surface area contributed by atoms with Gasteiger partial charge in [-0.05, 0) is 11.6 Å². The number of nitrogens with one attached hydrogen (secondary N) is 2. The predicted octanol–water partition coefficient (Wildman–Crippen LogP) is -4.24. The van der Waals surface area contributed by atoms with Gasteiger partial charge in [-0.15, -0.1) is 11.8 Å². The minimum Gasteiger partial charge on any atom is -0.618 e. The second kappa shape index (κ2) is 12.4. The maximum Gasteiger partial charge on any atom is 1.00 e. The summed E-state index contributed by atoms with van der Waals surface area (Å²) in [5.41, 5.74) is -0.00933. The molecule has 2 aliphatic rings. The summed E-state index contributed by atoms with van der Waals surface area (Å²) in [6.45, 7) is 0.870. The average Bonchev–Trinajstić information content (AvgIpc) is 2.88. The molecule has 0 saturated carbocycles. The number of amides is 3. The van der Waals surface area contributed by atoms with E-state index in [0.717, 1.165) is 11.1 Å². The molecule has 4 rings (SSSR count). The first-order chi connectivity index (χ1) is 17.7. The van der Waals surface area contributed by atoms with Crippen LogP contribution in [-0.2, 0) is 23.9 Å². The zero-order chi connectivity index (χ0) is 26.7. The van der Waals surface area contributed by atoms with E-state index in [-0.39, 0.29) is 53.2 Å². The third kappa shape index (κ3) is 6.01. The molecule has 3 atom stereocenters. The van der Waals surface area contributed by atoms with Gasteiger partial charge >= 0.3 is 41.4 Å². The van der Waals surface area contributed by atoms with Gasteiger partial charge in [0.2, 0.25) is 5.91 Å². The van der Waals surface area contributed by atoms with Gasteiger partial charge in [-0.1, -0.05) is 30.3 Å². The standard InChI is InChI=1S/C24H22N4O8S.Na/c1-13(29)36-11-15-12-37-23-18(22(32)28(23)19(15)24(33)34)26-21(31)17(14-7-3-2-4-8-14)25-20(30)16-9-5-6-10-27(16)35;/h2-10,17-18,23H,11-12H2,1H3,(H,25,30)(H,26,31)(H,33,34);/q;+1/p-1/t17?,18-,23-;/m1./s1. The molecule has 0 radical (unpaired) electrons. The van der Waals surface area contributed by atoms with Crippen LogP contribution in [0.15, 0.2) is 66.0 Å². The Hall–Kier alpha value is -3.39. The van der Waals surface area contributed by atoms with E-state index < -0.39 is 52.8 Å². The Balaban J connectivity index is 0.00000400. The van der Waals surface area contributed by atoms with Gasteiger partial charge in [0, 0.05) is 30.4 Å². The summed E-state index contributed by atoms with van der Waals surface area (Å²) in [5.74, 6) is -4.29. The number of carbonyl (C=O) groups excluding carboxylic acids is 5. The van der Waals surface area contributed by atoms with E-state index in [1.165, 1.54) is 36.9 Å². The molecule has 2 aliphatic heterocycles. The molecule has 2 N–H and O–H groups in total. The second-order valence-electron chi connectivity index (χ2n) is 8.14. The summed E-state index contributed by atoms with van der Waals surface area (Å²) in [6.07, 6.45) is 1.15. The smallest absolute Gasteiger partial charge is 0.618 e. The van der Waals surface area contributed by atoms with Crippen molar-refractivity contribution in [1.82, 2.24) is 15.5 Å². The van der Waals surface area contributed by atoms with E-state index in [9.17, 15) is 34.3 Å². The van der Waals surface area contributed by atoms with Crippen LogP contribution in [0.1, 0.15) is 29.0 Å². The van der Waals surface area contributed by atoms with Crippen LogP contribution in [0.5, 0.6) is 0 Å². The van der Waals surface area contributed by atoms with Crippen LogP contribution in [0.4, 0.5) is 0 Å². The molecule has 1 aromatic carbocycles. The number of carbonyl (C=O) groups is 5. The van der Waals surface area contributed by atoms with Gasteiger partial charge in [0.05, 0.1) is 11.7 Å². The first-order valence-electron chi connectivity index (χ1n) is 11.0. The van der Waals surface area contributed by atoms with E-state index in [1.807, 2.05) is 0 Å². The van der Waals surface area contributed by atoms with Crippen LogP contribution in [0, 0.1) is 5.21 Å². The molecule has 38 heavy (non-hydrogen) atoms. The van der Waals surface area contributed by atoms with Gasteiger partial charge in [-0.2, -0.15) is 4.73 Å². The third-order valence-corrected chi connectivity index (χ3v) is 7.05. The average molecular weight is 549 g/mol. The molecule has 1 unspecified atom stereocenters. The number of aromatic nitrogens is 1. The molecule has 3 heterocycles. The number of thioether (sulfide) groups is 1. The van der Waals surface area contributed by atoms with Crippen molar-refractivity contribution in [2.45, 2.75) is 24.4 Å². The van der Waals surface area contributed by atoms with Gasteiger partial charge < -0.3 is 30.5 Å². The van der Waals surface area contributed by atoms with Gasteiger partial charge in [0.15, 0.2) is 6.20 Å². The van der Waals surface area contributed by atoms with Crippen LogP contribution in [0.25, 0.3) is 0 Å². The van der Waals surface area contributed by atoms with Crippen molar-refractivity contribution in [2.24, 2.45) is 0 Å². The van der Waals surface area contributed by atoms with E-state index in [2.05, 4.69) is 10.6 Å². The Morgan fingerprint density at radius 3 is 2.47 bits per heavy atom. The van der Waals surface area contributed by atoms with Crippen molar-refractivity contribution in [3.05, 3.63) is 82.5 Å². The predicted molar refractivity (Wildman–Crippen MR) is 126 cm³/mol. The minimum atomic E-state index is -1.60. The monoisotopic (exact) mass is 548 g/mol. The van der Waals surface area contributed by atoms with Crippen molar-refractivity contribution in [2.75, 3.05) is 12.4 Å². The number of carboxylic acid groups (broad SMARTS) is 1. The number of rotatable bonds is 8. The molecule has 0 spiro atoms. The van der Waals surface area contributed by atoms with E-state index in [0.29, 0.717) is 10.3 Å². The number of ether oxygens (including phenoxy) is 1. The number of pyridine rings is 1. The Morgan fingerprint density at radius 2 is 1.84 bits per heavy atom. The van der Waals surface area contributed by atoms with E-state index in [1.54, 1.807) is 30.3 Å². The molecule has 192 valence electrons. The molecule has 1 fully saturated rings. The zero-order valence-corrected chi connectivity index (χ0v) is 23.2. The number of hydrogen-bond donors (Lipinski definition) is 2. The summed E-state index contributed by atoms with van der Waals surface area (Å²) >= 11 is 1.19. The minimum absolute atomic E-state index is 0. The number of aliphatic carboxylic acids is 1. The summed E-state index contributed by atoms with van der Waals surface area (Å²) in [5, 5.41) is 28.1. The maximum absolute atomic E-state index is 13.3. The molecule has 12 nitrogen and oxygen atoms in total. The summed E-state index contributed by atoms with van der Waals surface area (Å²) in [4.78, 5) is 62.9. The fourth-order valence-electron chi connectivity index (χ4n) is 3.96. The van der Waals surface area contributed by atoms with Crippen molar-refractivity contribution in [3.8, 4) is 0 Å². The zero-order valence-electron chi connectivity index (χ0n) is 20.4. The Kier molecular flexibility index (Phi) is 9.55. The number of β-lactam (4-membered cyclic amide) rings is 1. The van der Waals surface area contributed by atoms with Crippen molar-refractivity contribution in [1.29, 1.82) is 0 Å². The van der Waals surface area contributed by atoms with Crippen LogP contribution in [0.3, 0.4) is 0 Å². The van der Waals surface area contributed by atoms with Gasteiger partial charge in [0.1, 0.15) is 24.1 Å². The number of carboxylic acids is 1. The Bertz CT molecular complexity index is 1310. The normalized spacial score (nSPS) is 18.8. The number of fused-ring (bicyclic) bond motifs is 1. The van der Waals surface area contributed by atoms with Crippen LogP contribution in [-0.4, -0.2) is 58.3 Å². The molecule has 14 heteroatoms. The molecule has 3 amide bonds. The Morgan fingerprint density at radius 1 is 1.16 bits per heavy atom. The van der Waals surface area contributed by atoms with Crippen molar-refractivity contribution < 1.29 is 68.1 Å². The van der Waals surface area contributed by atoms with Crippen LogP contribution in [0.2, 0.25) is 0 Å².